The van der Waals surface area contributed by atoms with Crippen LogP contribution < -0.4 is 0 Å². The fourth-order valence-corrected chi connectivity index (χ4v) is 4.91. The number of rotatable bonds is 5. The second-order valence-corrected chi connectivity index (χ2v) is 9.92. The molecule has 6 rings (SSSR count). The number of halogens is 2. The topological polar surface area (TPSA) is 50.5 Å². The molecule has 0 saturated carbocycles. The van der Waals surface area contributed by atoms with E-state index in [0.717, 1.165) is 32.6 Å². The molecular formula is C31H22BrFN4O. The SMILES string of the molecule is O=C(c1ccccc1)N1N=C(c2ccc(Br)cc2)C[C@@H]1c1cn(-c2ccccc2)nc1-c1ccc(F)cc1. The van der Waals surface area contributed by atoms with Gasteiger partial charge in [-0.05, 0) is 66.2 Å². The Morgan fingerprint density at radius 2 is 1.45 bits per heavy atom. The quantitative estimate of drug-likeness (QED) is 0.223. The monoisotopic (exact) mass is 564 g/mol. The van der Waals surface area contributed by atoms with E-state index < -0.39 is 6.04 Å². The van der Waals surface area contributed by atoms with E-state index in [1.807, 2.05) is 79.0 Å². The number of hydrogen-bond acceptors (Lipinski definition) is 3. The Hall–Kier alpha value is -4.36. The maximum absolute atomic E-state index is 13.8. The van der Waals surface area contributed by atoms with Crippen LogP contribution in [0.25, 0.3) is 16.9 Å². The Labute approximate surface area is 228 Å². The second kappa shape index (κ2) is 10.2. The largest absolute Gasteiger partial charge is 0.274 e. The van der Waals surface area contributed by atoms with Crippen molar-refractivity contribution in [3.8, 4) is 16.9 Å². The number of aromatic nitrogens is 2. The summed E-state index contributed by atoms with van der Waals surface area (Å²) in [5, 5.41) is 11.3. The highest BCUT2D eigenvalue weighted by Crippen LogP contribution is 2.39. The van der Waals surface area contributed by atoms with E-state index in [4.69, 9.17) is 10.2 Å². The third-order valence-electron chi connectivity index (χ3n) is 6.56. The van der Waals surface area contributed by atoms with Crippen LogP contribution in [-0.2, 0) is 0 Å². The van der Waals surface area contributed by atoms with Crippen LogP contribution in [0, 0.1) is 5.82 Å². The fourth-order valence-electron chi connectivity index (χ4n) is 4.65. The lowest BCUT2D eigenvalue weighted by atomic mass is 9.96. The summed E-state index contributed by atoms with van der Waals surface area (Å²) in [5.74, 6) is -0.513. The van der Waals surface area contributed by atoms with Gasteiger partial charge in [-0.15, -0.1) is 0 Å². The minimum atomic E-state index is -0.404. The van der Waals surface area contributed by atoms with Crippen LogP contribution in [0.1, 0.15) is 33.9 Å². The molecular weight excluding hydrogens is 543 g/mol. The zero-order valence-electron chi connectivity index (χ0n) is 20.2. The van der Waals surface area contributed by atoms with Crippen LogP contribution in [0.4, 0.5) is 4.39 Å². The molecule has 1 atom stereocenters. The first-order valence-electron chi connectivity index (χ1n) is 12.2. The molecule has 1 aliphatic heterocycles. The molecule has 5 aromatic rings. The Balaban J connectivity index is 1.49. The van der Waals surface area contributed by atoms with Gasteiger partial charge in [0.15, 0.2) is 0 Å². The molecule has 0 radical (unpaired) electrons. The molecule has 2 heterocycles. The maximum atomic E-state index is 13.8. The van der Waals surface area contributed by atoms with Gasteiger partial charge in [0.05, 0.1) is 23.1 Å². The number of amides is 1. The Bertz CT molecular complexity index is 1610. The van der Waals surface area contributed by atoms with Crippen molar-refractivity contribution in [2.45, 2.75) is 12.5 Å². The highest BCUT2D eigenvalue weighted by Gasteiger charge is 2.36. The normalized spacial score (nSPS) is 14.9. The molecule has 0 unspecified atom stereocenters. The molecule has 0 bridgehead atoms. The molecule has 5 nitrogen and oxygen atoms in total. The van der Waals surface area contributed by atoms with Gasteiger partial charge in [-0.25, -0.2) is 14.1 Å². The molecule has 0 spiro atoms. The summed E-state index contributed by atoms with van der Waals surface area (Å²) in [6.07, 6.45) is 2.46. The van der Waals surface area contributed by atoms with Crippen molar-refractivity contribution in [2.75, 3.05) is 0 Å². The van der Waals surface area contributed by atoms with E-state index in [1.54, 1.807) is 34.0 Å². The molecule has 0 aliphatic carbocycles. The van der Waals surface area contributed by atoms with Gasteiger partial charge < -0.3 is 0 Å². The summed E-state index contributed by atoms with van der Waals surface area (Å²) >= 11 is 3.49. The van der Waals surface area contributed by atoms with Gasteiger partial charge in [-0.3, -0.25) is 4.79 Å². The third-order valence-corrected chi connectivity index (χ3v) is 7.09. The fraction of sp³-hybridized carbons (Fsp3) is 0.0645. The molecule has 1 aromatic heterocycles. The van der Waals surface area contributed by atoms with E-state index in [9.17, 15) is 9.18 Å². The van der Waals surface area contributed by atoms with Crippen LogP contribution >= 0.6 is 15.9 Å². The molecule has 186 valence electrons. The number of carbonyl (C=O) groups excluding carboxylic acids is 1. The van der Waals surface area contributed by atoms with Crippen molar-refractivity contribution in [1.82, 2.24) is 14.8 Å². The summed E-state index contributed by atoms with van der Waals surface area (Å²) in [6.45, 7) is 0. The first kappa shape index (κ1) is 24.0. The van der Waals surface area contributed by atoms with Crippen LogP contribution in [0.15, 0.2) is 125 Å². The summed E-state index contributed by atoms with van der Waals surface area (Å²) in [6, 6.07) is 32.7. The van der Waals surface area contributed by atoms with Gasteiger partial charge in [-0.2, -0.15) is 10.2 Å². The average molecular weight is 565 g/mol. The number of para-hydroxylation sites is 1. The van der Waals surface area contributed by atoms with Crippen LogP contribution in [0.3, 0.4) is 0 Å². The van der Waals surface area contributed by atoms with Gasteiger partial charge in [-0.1, -0.05) is 64.5 Å². The van der Waals surface area contributed by atoms with Crippen LogP contribution in [0.5, 0.6) is 0 Å². The predicted molar refractivity (Wildman–Crippen MR) is 150 cm³/mol. The molecule has 0 N–H and O–H groups in total. The van der Waals surface area contributed by atoms with E-state index in [1.165, 1.54) is 12.1 Å². The average Bonchev–Trinajstić information content (AvgIpc) is 3.60. The maximum Gasteiger partial charge on any atom is 0.274 e. The highest BCUT2D eigenvalue weighted by molar-refractivity contribution is 9.10. The van der Waals surface area contributed by atoms with E-state index >= 15 is 0 Å². The summed E-state index contributed by atoms with van der Waals surface area (Å²) in [4.78, 5) is 13.8. The Kier molecular flexibility index (Phi) is 6.43. The summed E-state index contributed by atoms with van der Waals surface area (Å²) in [7, 11) is 0. The van der Waals surface area contributed by atoms with Crippen LogP contribution in [-0.4, -0.2) is 26.4 Å². The third kappa shape index (κ3) is 4.68. The molecule has 0 saturated heterocycles. The van der Waals surface area contributed by atoms with Crippen molar-refractivity contribution in [3.05, 3.63) is 142 Å². The van der Waals surface area contributed by atoms with Crippen LogP contribution in [0.2, 0.25) is 0 Å². The van der Waals surface area contributed by atoms with Crippen molar-refractivity contribution in [2.24, 2.45) is 5.10 Å². The number of hydrogen-bond donors (Lipinski definition) is 0. The minimum Gasteiger partial charge on any atom is -0.267 e. The molecule has 1 aliphatic rings. The van der Waals surface area contributed by atoms with Gasteiger partial charge in [0.1, 0.15) is 5.82 Å². The predicted octanol–water partition coefficient (Wildman–Crippen LogP) is 7.43. The number of carbonyl (C=O) groups is 1. The summed E-state index contributed by atoms with van der Waals surface area (Å²) in [5.41, 5.74) is 5.47. The molecule has 0 fully saturated rings. The first-order valence-corrected chi connectivity index (χ1v) is 13.0. The van der Waals surface area contributed by atoms with E-state index in [2.05, 4.69) is 15.9 Å². The van der Waals surface area contributed by atoms with Gasteiger partial charge >= 0.3 is 0 Å². The molecule has 7 heteroatoms. The lowest BCUT2D eigenvalue weighted by Gasteiger charge is -2.22. The van der Waals surface area contributed by atoms with Gasteiger partial charge in [0, 0.05) is 33.8 Å². The minimum absolute atomic E-state index is 0.194. The molecule has 1 amide bonds. The lowest BCUT2D eigenvalue weighted by molar-refractivity contribution is 0.0711. The van der Waals surface area contributed by atoms with Crippen molar-refractivity contribution >= 4 is 27.5 Å². The smallest absolute Gasteiger partial charge is 0.267 e. The Morgan fingerprint density at radius 3 is 2.13 bits per heavy atom. The van der Waals surface area contributed by atoms with Crippen molar-refractivity contribution in [3.63, 3.8) is 0 Å². The zero-order chi connectivity index (χ0) is 26.1. The standard InChI is InChI=1S/C31H22BrFN4O/c32-24-15-11-21(12-16-24)28-19-29(37(34-28)31(38)23-7-3-1-4-8-23)27-20-36(26-9-5-2-6-10-26)35-30(27)22-13-17-25(33)18-14-22/h1-18,20,29H,19H2/t29-/m1/s1. The zero-order valence-corrected chi connectivity index (χ0v) is 21.8. The Morgan fingerprint density at radius 1 is 0.816 bits per heavy atom. The molecule has 4 aromatic carbocycles. The van der Waals surface area contributed by atoms with Gasteiger partial charge in [0.25, 0.3) is 5.91 Å². The van der Waals surface area contributed by atoms with E-state index in [0.29, 0.717) is 17.7 Å². The lowest BCUT2D eigenvalue weighted by Crippen LogP contribution is -2.27. The van der Waals surface area contributed by atoms with E-state index in [-0.39, 0.29) is 11.7 Å². The summed E-state index contributed by atoms with van der Waals surface area (Å²) < 4.78 is 16.6. The number of nitrogens with zero attached hydrogens (tertiary/aromatic N) is 4. The molecule has 38 heavy (non-hydrogen) atoms. The number of hydrazone groups is 1. The highest BCUT2D eigenvalue weighted by atomic mass is 79.9. The van der Waals surface area contributed by atoms with Crippen molar-refractivity contribution in [1.29, 1.82) is 0 Å². The second-order valence-electron chi connectivity index (χ2n) is 9.01. The van der Waals surface area contributed by atoms with Gasteiger partial charge in [0.2, 0.25) is 0 Å². The first-order chi connectivity index (χ1) is 18.6. The number of benzene rings is 4. The van der Waals surface area contributed by atoms with Crippen molar-refractivity contribution < 1.29 is 9.18 Å².